The van der Waals surface area contributed by atoms with Crippen LogP contribution in [-0.4, -0.2) is 15.6 Å². The standard InChI is InChI=1S/C21H19N3OS/c1-13-6-5-7-15(10-13)12-24-14(2)17(16-8-3-4-9-18(16)24)11-19-20(25)23-21(22)26-19/h3-11H,12H2,1-2H3,(H2,22,23,25)/b19-11-. The van der Waals surface area contributed by atoms with Gasteiger partial charge < -0.3 is 9.88 Å². The molecule has 1 amide bonds. The SMILES string of the molecule is Cc1cccc(Cn2c(C)c(/C=C3\SC(=N)NC3=O)c3ccccc32)c1. The van der Waals surface area contributed by atoms with Gasteiger partial charge in [-0.05, 0) is 43.3 Å². The molecule has 0 aliphatic carbocycles. The zero-order valence-corrected chi connectivity index (χ0v) is 15.5. The van der Waals surface area contributed by atoms with Crippen LogP contribution in [0.2, 0.25) is 0 Å². The van der Waals surface area contributed by atoms with E-state index >= 15 is 0 Å². The van der Waals surface area contributed by atoms with Crippen molar-refractivity contribution in [3.63, 3.8) is 0 Å². The molecule has 0 bridgehead atoms. The maximum Gasteiger partial charge on any atom is 0.264 e. The number of nitrogens with zero attached hydrogens (tertiary/aromatic N) is 1. The van der Waals surface area contributed by atoms with Crippen LogP contribution in [0.5, 0.6) is 0 Å². The number of aromatic nitrogens is 1. The number of carbonyl (C=O) groups excluding carboxylic acids is 1. The Morgan fingerprint density at radius 2 is 1.96 bits per heavy atom. The van der Waals surface area contributed by atoms with E-state index < -0.39 is 0 Å². The van der Waals surface area contributed by atoms with E-state index in [-0.39, 0.29) is 11.1 Å². The molecule has 0 spiro atoms. The maximum absolute atomic E-state index is 12.0. The number of rotatable bonds is 3. The first-order valence-corrected chi connectivity index (χ1v) is 9.27. The number of hydrogen-bond donors (Lipinski definition) is 2. The van der Waals surface area contributed by atoms with Crippen molar-refractivity contribution in [2.24, 2.45) is 0 Å². The molecule has 0 atom stereocenters. The minimum atomic E-state index is -0.199. The molecule has 0 saturated carbocycles. The topological polar surface area (TPSA) is 57.9 Å². The first-order valence-electron chi connectivity index (χ1n) is 8.46. The van der Waals surface area contributed by atoms with Crippen molar-refractivity contribution in [1.82, 2.24) is 9.88 Å². The first-order chi connectivity index (χ1) is 12.5. The number of fused-ring (bicyclic) bond motifs is 1. The molecular formula is C21H19N3OS. The van der Waals surface area contributed by atoms with Crippen LogP contribution in [0.4, 0.5) is 0 Å². The Morgan fingerprint density at radius 1 is 1.15 bits per heavy atom. The van der Waals surface area contributed by atoms with E-state index in [0.717, 1.165) is 28.7 Å². The van der Waals surface area contributed by atoms with E-state index in [9.17, 15) is 4.79 Å². The highest BCUT2D eigenvalue weighted by Gasteiger charge is 2.23. The van der Waals surface area contributed by atoms with Crippen molar-refractivity contribution in [2.75, 3.05) is 0 Å². The summed E-state index contributed by atoms with van der Waals surface area (Å²) in [7, 11) is 0. The van der Waals surface area contributed by atoms with Crippen molar-refractivity contribution in [3.8, 4) is 0 Å². The molecule has 0 unspecified atom stereocenters. The quantitative estimate of drug-likeness (QED) is 0.677. The third-order valence-corrected chi connectivity index (χ3v) is 5.47. The van der Waals surface area contributed by atoms with Gasteiger partial charge in [0.1, 0.15) is 0 Å². The fourth-order valence-corrected chi connectivity index (χ4v) is 4.09. The predicted octanol–water partition coefficient (Wildman–Crippen LogP) is 4.45. The number of para-hydroxylation sites is 1. The van der Waals surface area contributed by atoms with Gasteiger partial charge >= 0.3 is 0 Å². The molecule has 1 aliphatic rings. The van der Waals surface area contributed by atoms with Gasteiger partial charge in [-0.3, -0.25) is 10.2 Å². The van der Waals surface area contributed by atoms with Gasteiger partial charge in [0.25, 0.3) is 5.91 Å². The zero-order valence-electron chi connectivity index (χ0n) is 14.7. The van der Waals surface area contributed by atoms with Crippen LogP contribution >= 0.6 is 11.8 Å². The van der Waals surface area contributed by atoms with Crippen LogP contribution in [0.15, 0.2) is 53.4 Å². The van der Waals surface area contributed by atoms with Gasteiger partial charge in [-0.25, -0.2) is 0 Å². The average molecular weight is 361 g/mol. The Balaban J connectivity index is 1.85. The smallest absolute Gasteiger partial charge is 0.264 e. The predicted molar refractivity (Wildman–Crippen MR) is 108 cm³/mol. The fraction of sp³-hybridized carbons (Fsp3) is 0.143. The summed E-state index contributed by atoms with van der Waals surface area (Å²) in [6.45, 7) is 4.97. The van der Waals surface area contributed by atoms with Gasteiger partial charge in [0.2, 0.25) is 0 Å². The van der Waals surface area contributed by atoms with E-state index in [1.165, 1.54) is 22.9 Å². The van der Waals surface area contributed by atoms with E-state index in [0.29, 0.717) is 4.91 Å². The number of amidine groups is 1. The van der Waals surface area contributed by atoms with Crippen LogP contribution < -0.4 is 5.32 Å². The Bertz CT molecular complexity index is 1080. The number of carbonyl (C=O) groups is 1. The van der Waals surface area contributed by atoms with Crippen molar-refractivity contribution in [2.45, 2.75) is 20.4 Å². The average Bonchev–Trinajstić information content (AvgIpc) is 3.06. The van der Waals surface area contributed by atoms with Gasteiger partial charge in [0, 0.05) is 28.7 Å². The second-order valence-corrected chi connectivity index (χ2v) is 7.54. The summed E-state index contributed by atoms with van der Waals surface area (Å²) in [4.78, 5) is 12.6. The van der Waals surface area contributed by atoms with E-state index in [1.54, 1.807) is 0 Å². The lowest BCUT2D eigenvalue weighted by Crippen LogP contribution is -2.18. The second kappa shape index (κ2) is 6.50. The third kappa shape index (κ3) is 2.95. The molecule has 130 valence electrons. The summed E-state index contributed by atoms with van der Waals surface area (Å²) < 4.78 is 2.29. The molecule has 3 aromatic rings. The molecule has 2 N–H and O–H groups in total. The van der Waals surface area contributed by atoms with Gasteiger partial charge in [-0.1, -0.05) is 48.0 Å². The van der Waals surface area contributed by atoms with Crippen molar-refractivity contribution >= 4 is 39.8 Å². The number of hydrogen-bond acceptors (Lipinski definition) is 3. The highest BCUT2D eigenvalue weighted by molar-refractivity contribution is 8.18. The minimum Gasteiger partial charge on any atom is -0.340 e. The number of aryl methyl sites for hydroxylation is 1. The van der Waals surface area contributed by atoms with Gasteiger partial charge in [-0.2, -0.15) is 0 Å². The highest BCUT2D eigenvalue weighted by Crippen LogP contribution is 2.32. The summed E-state index contributed by atoms with van der Waals surface area (Å²) in [6, 6.07) is 16.8. The van der Waals surface area contributed by atoms with Crippen molar-refractivity contribution in [1.29, 1.82) is 5.41 Å². The molecule has 2 heterocycles. The minimum absolute atomic E-state index is 0.183. The molecule has 26 heavy (non-hydrogen) atoms. The Labute approximate surface area is 156 Å². The van der Waals surface area contributed by atoms with Gasteiger partial charge in [0.15, 0.2) is 5.17 Å². The second-order valence-electron chi connectivity index (χ2n) is 6.49. The van der Waals surface area contributed by atoms with Gasteiger partial charge in [-0.15, -0.1) is 0 Å². The zero-order chi connectivity index (χ0) is 18.3. The van der Waals surface area contributed by atoms with Crippen LogP contribution in [-0.2, 0) is 11.3 Å². The summed E-state index contributed by atoms with van der Waals surface area (Å²) in [5.74, 6) is -0.199. The monoisotopic (exact) mass is 361 g/mol. The molecule has 1 aliphatic heterocycles. The molecule has 1 aromatic heterocycles. The van der Waals surface area contributed by atoms with Crippen molar-refractivity contribution in [3.05, 3.63) is 75.8 Å². The van der Waals surface area contributed by atoms with E-state index in [2.05, 4.69) is 60.1 Å². The lowest BCUT2D eigenvalue weighted by atomic mass is 10.1. The molecule has 2 aromatic carbocycles. The number of benzene rings is 2. The van der Waals surface area contributed by atoms with E-state index in [1.807, 2.05) is 18.2 Å². The maximum atomic E-state index is 12.0. The summed E-state index contributed by atoms with van der Waals surface area (Å²) in [5, 5.41) is 11.5. The lowest BCUT2D eigenvalue weighted by molar-refractivity contribution is -0.115. The number of amides is 1. The third-order valence-electron chi connectivity index (χ3n) is 4.64. The lowest BCUT2D eigenvalue weighted by Gasteiger charge is -2.09. The van der Waals surface area contributed by atoms with Crippen LogP contribution in [0.3, 0.4) is 0 Å². The Hall–Kier alpha value is -2.79. The van der Waals surface area contributed by atoms with Crippen LogP contribution in [0.1, 0.15) is 22.4 Å². The highest BCUT2D eigenvalue weighted by atomic mass is 32.2. The fourth-order valence-electron chi connectivity index (χ4n) is 3.41. The van der Waals surface area contributed by atoms with Crippen LogP contribution in [0, 0.1) is 19.3 Å². The molecule has 1 saturated heterocycles. The first kappa shape index (κ1) is 16.7. The Morgan fingerprint density at radius 3 is 2.69 bits per heavy atom. The molecule has 1 fully saturated rings. The van der Waals surface area contributed by atoms with E-state index in [4.69, 9.17) is 5.41 Å². The molecule has 5 heteroatoms. The largest absolute Gasteiger partial charge is 0.340 e. The molecule has 4 rings (SSSR count). The molecule has 0 radical (unpaired) electrons. The summed E-state index contributed by atoms with van der Waals surface area (Å²) in [6.07, 6.45) is 1.91. The normalized spacial score (nSPS) is 15.8. The van der Waals surface area contributed by atoms with Crippen molar-refractivity contribution < 1.29 is 4.79 Å². The Kier molecular flexibility index (Phi) is 4.17. The summed E-state index contributed by atoms with van der Waals surface area (Å²) in [5.41, 5.74) is 5.81. The number of nitrogens with one attached hydrogen (secondary N) is 2. The number of thioether (sulfide) groups is 1. The van der Waals surface area contributed by atoms with Gasteiger partial charge in [0.05, 0.1) is 4.91 Å². The van der Waals surface area contributed by atoms with Crippen LogP contribution in [0.25, 0.3) is 17.0 Å². The molecular weight excluding hydrogens is 342 g/mol. The molecule has 4 nitrogen and oxygen atoms in total. The summed E-state index contributed by atoms with van der Waals surface area (Å²) >= 11 is 1.18.